The molecule has 0 aliphatic rings. The van der Waals surface area contributed by atoms with E-state index in [-0.39, 0.29) is 18.0 Å². The van der Waals surface area contributed by atoms with E-state index in [0.29, 0.717) is 12.0 Å². The maximum absolute atomic E-state index is 11.5. The number of aromatic nitrogens is 2. The van der Waals surface area contributed by atoms with Gasteiger partial charge in [-0.25, -0.2) is 8.42 Å². The first-order valence-corrected chi connectivity index (χ1v) is 6.53. The van der Waals surface area contributed by atoms with E-state index in [2.05, 4.69) is 10.2 Å². The molecule has 0 bridgehead atoms. The third-order valence-electron chi connectivity index (χ3n) is 1.83. The van der Waals surface area contributed by atoms with Crippen LogP contribution in [0.5, 0.6) is 0 Å². The van der Waals surface area contributed by atoms with E-state index in [1.165, 1.54) is 12.4 Å². The van der Waals surface area contributed by atoms with Crippen molar-refractivity contribution in [3.8, 4) is 0 Å². The van der Waals surface area contributed by atoms with Gasteiger partial charge in [0, 0.05) is 18.2 Å². The summed E-state index contributed by atoms with van der Waals surface area (Å²) >= 11 is 0. The molecule has 0 aliphatic heterocycles. The number of hydrogen-bond donors (Lipinski definition) is 0. The van der Waals surface area contributed by atoms with E-state index in [1.807, 2.05) is 0 Å². The molecular formula is C9H12N2O3S. The van der Waals surface area contributed by atoms with Crippen LogP contribution >= 0.6 is 0 Å². The quantitative estimate of drug-likeness (QED) is 0.685. The largest absolute Gasteiger partial charge is 0.294 e. The standard InChI is InChI=1S/C9H12N2O3S/c1-15(13,14)6-2-3-9(12)8-4-5-10-11-7-8/h4-5,7H,2-3,6H2,1H3. The summed E-state index contributed by atoms with van der Waals surface area (Å²) in [6.07, 6.45) is 4.54. The molecule has 0 aliphatic carbocycles. The summed E-state index contributed by atoms with van der Waals surface area (Å²) in [5.41, 5.74) is 0.471. The molecule has 0 fully saturated rings. The Morgan fingerprint density at radius 1 is 1.40 bits per heavy atom. The van der Waals surface area contributed by atoms with Crippen LogP contribution in [-0.2, 0) is 9.84 Å². The molecule has 0 unspecified atom stereocenters. The highest BCUT2D eigenvalue weighted by atomic mass is 32.2. The smallest absolute Gasteiger partial charge is 0.164 e. The van der Waals surface area contributed by atoms with Gasteiger partial charge >= 0.3 is 0 Å². The molecule has 0 saturated heterocycles. The predicted molar refractivity (Wildman–Crippen MR) is 55.3 cm³/mol. The van der Waals surface area contributed by atoms with E-state index < -0.39 is 9.84 Å². The summed E-state index contributed by atoms with van der Waals surface area (Å²) in [4.78, 5) is 11.5. The second-order valence-electron chi connectivity index (χ2n) is 3.29. The van der Waals surface area contributed by atoms with Crippen molar-refractivity contribution in [3.63, 3.8) is 0 Å². The Labute approximate surface area is 88.5 Å². The summed E-state index contributed by atoms with van der Waals surface area (Å²) in [6.45, 7) is 0. The van der Waals surface area contributed by atoms with Gasteiger partial charge in [-0.2, -0.15) is 10.2 Å². The first kappa shape index (κ1) is 11.8. The summed E-state index contributed by atoms with van der Waals surface area (Å²) < 4.78 is 21.6. The molecule has 0 spiro atoms. The number of carbonyl (C=O) groups is 1. The highest BCUT2D eigenvalue weighted by molar-refractivity contribution is 7.90. The van der Waals surface area contributed by atoms with Crippen LogP contribution in [0.4, 0.5) is 0 Å². The average Bonchev–Trinajstić information content (AvgIpc) is 2.17. The number of hydrogen-bond acceptors (Lipinski definition) is 5. The molecule has 0 N–H and O–H groups in total. The molecule has 0 aromatic carbocycles. The minimum Gasteiger partial charge on any atom is -0.294 e. The van der Waals surface area contributed by atoms with E-state index in [9.17, 15) is 13.2 Å². The number of Topliss-reactive ketones (excluding diaryl/α,β-unsaturated/α-hetero) is 1. The van der Waals surface area contributed by atoms with Crippen molar-refractivity contribution in [2.75, 3.05) is 12.0 Å². The van der Waals surface area contributed by atoms with Gasteiger partial charge in [-0.05, 0) is 12.5 Å². The van der Waals surface area contributed by atoms with Crippen molar-refractivity contribution >= 4 is 15.6 Å². The van der Waals surface area contributed by atoms with Crippen molar-refractivity contribution in [3.05, 3.63) is 24.0 Å². The first-order chi connectivity index (χ1) is 6.99. The van der Waals surface area contributed by atoms with Gasteiger partial charge in [-0.1, -0.05) is 0 Å². The van der Waals surface area contributed by atoms with E-state index in [1.54, 1.807) is 6.07 Å². The number of sulfone groups is 1. The average molecular weight is 228 g/mol. The molecule has 82 valence electrons. The van der Waals surface area contributed by atoms with Crippen molar-refractivity contribution in [1.82, 2.24) is 10.2 Å². The maximum atomic E-state index is 11.5. The maximum Gasteiger partial charge on any atom is 0.164 e. The Morgan fingerprint density at radius 3 is 2.67 bits per heavy atom. The van der Waals surface area contributed by atoms with Crippen LogP contribution in [0, 0.1) is 0 Å². The van der Waals surface area contributed by atoms with E-state index in [4.69, 9.17) is 0 Å². The second-order valence-corrected chi connectivity index (χ2v) is 5.55. The molecule has 15 heavy (non-hydrogen) atoms. The van der Waals surface area contributed by atoms with Crippen molar-refractivity contribution in [2.45, 2.75) is 12.8 Å². The Kier molecular flexibility index (Phi) is 3.90. The fraction of sp³-hybridized carbons (Fsp3) is 0.444. The monoisotopic (exact) mass is 228 g/mol. The van der Waals surface area contributed by atoms with Gasteiger partial charge in [-0.3, -0.25) is 4.79 Å². The minimum atomic E-state index is -2.98. The van der Waals surface area contributed by atoms with Gasteiger partial charge < -0.3 is 0 Å². The first-order valence-electron chi connectivity index (χ1n) is 4.47. The molecule has 0 saturated carbocycles. The normalized spacial score (nSPS) is 11.3. The molecular weight excluding hydrogens is 216 g/mol. The van der Waals surface area contributed by atoms with Crippen molar-refractivity contribution in [2.24, 2.45) is 0 Å². The fourth-order valence-electron chi connectivity index (χ4n) is 1.09. The Balaban J connectivity index is 2.45. The van der Waals surface area contributed by atoms with Gasteiger partial charge in [0.05, 0.1) is 18.1 Å². The van der Waals surface area contributed by atoms with Crippen LogP contribution in [0.25, 0.3) is 0 Å². The van der Waals surface area contributed by atoms with Crippen molar-refractivity contribution < 1.29 is 13.2 Å². The van der Waals surface area contributed by atoms with E-state index >= 15 is 0 Å². The fourth-order valence-corrected chi connectivity index (χ4v) is 1.76. The molecule has 6 heteroatoms. The van der Waals surface area contributed by atoms with E-state index in [0.717, 1.165) is 6.26 Å². The molecule has 1 rings (SSSR count). The zero-order valence-corrected chi connectivity index (χ0v) is 9.20. The van der Waals surface area contributed by atoms with Crippen LogP contribution < -0.4 is 0 Å². The topological polar surface area (TPSA) is 77.0 Å². The molecule has 0 atom stereocenters. The molecule has 5 nitrogen and oxygen atoms in total. The highest BCUT2D eigenvalue weighted by Crippen LogP contribution is 2.03. The van der Waals surface area contributed by atoms with Gasteiger partial charge in [-0.15, -0.1) is 0 Å². The van der Waals surface area contributed by atoms with Crippen LogP contribution in [0.15, 0.2) is 18.5 Å². The Morgan fingerprint density at radius 2 is 2.13 bits per heavy atom. The van der Waals surface area contributed by atoms with Crippen LogP contribution in [0.2, 0.25) is 0 Å². The highest BCUT2D eigenvalue weighted by Gasteiger charge is 2.08. The molecule has 1 aromatic heterocycles. The van der Waals surface area contributed by atoms with Crippen LogP contribution in [0.1, 0.15) is 23.2 Å². The lowest BCUT2D eigenvalue weighted by molar-refractivity contribution is 0.0981. The summed E-state index contributed by atoms with van der Waals surface area (Å²) in [5.74, 6) is -0.0643. The van der Waals surface area contributed by atoms with Crippen molar-refractivity contribution in [1.29, 1.82) is 0 Å². The molecule has 0 amide bonds. The second kappa shape index (κ2) is 4.97. The number of rotatable bonds is 5. The lowest BCUT2D eigenvalue weighted by atomic mass is 10.1. The third-order valence-corrected chi connectivity index (χ3v) is 2.86. The molecule has 1 heterocycles. The van der Waals surface area contributed by atoms with Gasteiger partial charge in [0.1, 0.15) is 9.84 Å². The number of carbonyl (C=O) groups excluding carboxylic acids is 1. The van der Waals surface area contributed by atoms with Crippen LogP contribution in [0.3, 0.4) is 0 Å². The van der Waals surface area contributed by atoms with Crippen LogP contribution in [-0.4, -0.2) is 36.4 Å². The predicted octanol–water partition coefficient (Wildman–Crippen LogP) is 0.484. The Bertz CT molecular complexity index is 428. The zero-order valence-electron chi connectivity index (χ0n) is 8.38. The molecule has 1 aromatic rings. The minimum absolute atomic E-state index is 0.0389. The summed E-state index contributed by atoms with van der Waals surface area (Å²) in [5, 5.41) is 7.12. The van der Waals surface area contributed by atoms with Gasteiger partial charge in [0.25, 0.3) is 0 Å². The SMILES string of the molecule is CS(=O)(=O)CCCC(=O)c1ccnnc1. The third kappa shape index (κ3) is 4.64. The number of ketones is 1. The lowest BCUT2D eigenvalue weighted by Crippen LogP contribution is -2.06. The van der Waals surface area contributed by atoms with Gasteiger partial charge in [0.2, 0.25) is 0 Å². The van der Waals surface area contributed by atoms with Gasteiger partial charge in [0.15, 0.2) is 5.78 Å². The zero-order chi connectivity index (χ0) is 11.3. The molecule has 0 radical (unpaired) electrons. The summed E-state index contributed by atoms with van der Waals surface area (Å²) in [7, 11) is -2.98. The number of nitrogens with zero attached hydrogens (tertiary/aromatic N) is 2. The Hall–Kier alpha value is -1.30. The summed E-state index contributed by atoms with van der Waals surface area (Å²) in [6, 6.07) is 1.57. The lowest BCUT2D eigenvalue weighted by Gasteiger charge is -1.99.